The third-order valence-electron chi connectivity index (χ3n) is 10.8. The number of thioether (sulfide) groups is 1. The molecule has 1 aliphatic carbocycles. The number of rotatable bonds is 5. The largest absolute Gasteiger partial charge is 0.436 e. The molecule has 3 nitrogen and oxygen atoms in total. The van der Waals surface area contributed by atoms with Crippen molar-refractivity contribution in [2.24, 2.45) is 0 Å². The Morgan fingerprint density at radius 3 is 2.35 bits per heavy atom. The molecule has 10 rings (SSSR count). The van der Waals surface area contributed by atoms with Gasteiger partial charge in [-0.2, -0.15) is 0 Å². The Morgan fingerprint density at radius 2 is 1.45 bits per heavy atom. The standard InChI is InChI=1S/C47H34N2OS/c1-29-25-41-47(2,39-24-23-31-14-6-9-20-36(31)45(39)51-41)28-38(29)35-19-8-7-17-33(35)26-30-13-12-18-34(27-30)43-42(32-15-4-3-5-16-32)48-44-37-21-10-11-22-40(37)50-46(44)49-43/h3-25,27H,26,28H2,1-2H3. The molecular weight excluding hydrogens is 641 g/mol. The Bertz CT molecular complexity index is 2760. The Kier molecular flexibility index (Phi) is 6.90. The smallest absolute Gasteiger partial charge is 0.246 e. The SMILES string of the molecule is CC1=C(c2ccccc2Cc2cccc(-c3nc4oc5ccccc5c4nc3-c3ccccc3)c2)CC2(C)C(=C1)Sc1c2ccc2ccccc12. The number of furan rings is 1. The Morgan fingerprint density at radius 1 is 0.706 bits per heavy atom. The lowest BCUT2D eigenvalue weighted by atomic mass is 9.71. The highest BCUT2D eigenvalue weighted by atomic mass is 32.2. The van der Waals surface area contributed by atoms with E-state index in [-0.39, 0.29) is 5.41 Å². The van der Waals surface area contributed by atoms with Crippen LogP contribution >= 0.6 is 11.8 Å². The summed E-state index contributed by atoms with van der Waals surface area (Å²) in [6.07, 6.45) is 4.24. The lowest BCUT2D eigenvalue weighted by molar-refractivity contribution is 0.596. The summed E-state index contributed by atoms with van der Waals surface area (Å²) < 4.78 is 6.22. The van der Waals surface area contributed by atoms with E-state index in [1.165, 1.54) is 54.0 Å². The van der Waals surface area contributed by atoms with Crippen LogP contribution in [0.1, 0.15) is 42.5 Å². The minimum absolute atomic E-state index is 0.0479. The predicted octanol–water partition coefficient (Wildman–Crippen LogP) is 12.6. The van der Waals surface area contributed by atoms with E-state index >= 15 is 0 Å². The van der Waals surface area contributed by atoms with Crippen LogP contribution in [0.5, 0.6) is 0 Å². The Hall–Kier alpha value is -5.71. The van der Waals surface area contributed by atoms with Gasteiger partial charge in [0.2, 0.25) is 5.71 Å². The highest BCUT2D eigenvalue weighted by Crippen LogP contribution is 2.60. The van der Waals surface area contributed by atoms with Crippen molar-refractivity contribution in [3.63, 3.8) is 0 Å². The highest BCUT2D eigenvalue weighted by molar-refractivity contribution is 8.03. The van der Waals surface area contributed by atoms with Crippen molar-refractivity contribution in [2.75, 3.05) is 0 Å². The molecule has 2 aliphatic rings. The monoisotopic (exact) mass is 674 g/mol. The van der Waals surface area contributed by atoms with Gasteiger partial charge in [-0.15, -0.1) is 0 Å². The minimum atomic E-state index is -0.0479. The van der Waals surface area contributed by atoms with Crippen molar-refractivity contribution in [3.8, 4) is 22.5 Å². The lowest BCUT2D eigenvalue weighted by Crippen LogP contribution is -2.24. The summed E-state index contributed by atoms with van der Waals surface area (Å²) in [4.78, 5) is 13.2. The van der Waals surface area contributed by atoms with Crippen LogP contribution < -0.4 is 0 Å². The second-order valence-electron chi connectivity index (χ2n) is 14.0. The van der Waals surface area contributed by atoms with E-state index in [0.717, 1.165) is 51.8 Å². The molecule has 3 heterocycles. The molecule has 0 spiro atoms. The van der Waals surface area contributed by atoms with Crippen LogP contribution in [0.15, 0.2) is 165 Å². The van der Waals surface area contributed by atoms with E-state index in [1.54, 1.807) is 0 Å². The summed E-state index contributed by atoms with van der Waals surface area (Å²) in [6, 6.07) is 49.6. The van der Waals surface area contributed by atoms with Gasteiger partial charge in [-0.3, -0.25) is 0 Å². The molecule has 8 aromatic rings. The minimum Gasteiger partial charge on any atom is -0.436 e. The first-order chi connectivity index (χ1) is 25.0. The normalized spacial score (nSPS) is 16.9. The van der Waals surface area contributed by atoms with E-state index in [0.29, 0.717) is 5.71 Å². The van der Waals surface area contributed by atoms with E-state index in [1.807, 2.05) is 36.0 Å². The average Bonchev–Trinajstić information content (AvgIpc) is 3.68. The summed E-state index contributed by atoms with van der Waals surface area (Å²) in [5, 5.41) is 3.64. The molecule has 0 saturated heterocycles. The van der Waals surface area contributed by atoms with Gasteiger partial charge in [0.25, 0.3) is 0 Å². The van der Waals surface area contributed by atoms with Crippen molar-refractivity contribution < 1.29 is 4.42 Å². The van der Waals surface area contributed by atoms with Crippen molar-refractivity contribution in [3.05, 3.63) is 178 Å². The van der Waals surface area contributed by atoms with Crippen LogP contribution in [0.25, 0.3) is 61.1 Å². The summed E-state index contributed by atoms with van der Waals surface area (Å²) in [5.74, 6) is 0. The molecule has 2 aromatic heterocycles. The van der Waals surface area contributed by atoms with Gasteiger partial charge in [0.15, 0.2) is 0 Å². The van der Waals surface area contributed by atoms with Gasteiger partial charge in [0.05, 0.1) is 5.69 Å². The van der Waals surface area contributed by atoms with E-state index in [2.05, 4.69) is 135 Å². The van der Waals surface area contributed by atoms with E-state index < -0.39 is 0 Å². The fourth-order valence-corrected chi connectivity index (χ4v) is 9.70. The molecule has 1 atom stereocenters. The molecule has 0 bridgehead atoms. The van der Waals surface area contributed by atoms with Crippen molar-refractivity contribution in [2.45, 2.75) is 37.0 Å². The number of para-hydroxylation sites is 1. The molecule has 244 valence electrons. The van der Waals surface area contributed by atoms with Gasteiger partial charge in [0, 0.05) is 31.7 Å². The number of hydrogen-bond donors (Lipinski definition) is 0. The Labute approximate surface area is 301 Å². The van der Waals surface area contributed by atoms with Gasteiger partial charge in [-0.05, 0) is 88.2 Å². The van der Waals surface area contributed by atoms with E-state index in [4.69, 9.17) is 14.4 Å². The van der Waals surface area contributed by atoms with Gasteiger partial charge in [-0.25, -0.2) is 9.97 Å². The average molecular weight is 675 g/mol. The van der Waals surface area contributed by atoms with Crippen LogP contribution in [0, 0.1) is 0 Å². The topological polar surface area (TPSA) is 38.9 Å². The van der Waals surface area contributed by atoms with Crippen LogP contribution in [-0.4, -0.2) is 9.97 Å². The second-order valence-corrected chi connectivity index (χ2v) is 15.1. The van der Waals surface area contributed by atoms with Crippen LogP contribution in [0.3, 0.4) is 0 Å². The molecule has 0 radical (unpaired) electrons. The maximum absolute atomic E-state index is 6.22. The van der Waals surface area contributed by atoms with Gasteiger partial charge < -0.3 is 4.42 Å². The molecule has 51 heavy (non-hydrogen) atoms. The van der Waals surface area contributed by atoms with E-state index in [9.17, 15) is 0 Å². The third kappa shape index (κ3) is 4.89. The first-order valence-electron chi connectivity index (χ1n) is 17.6. The van der Waals surface area contributed by atoms with Crippen molar-refractivity contribution in [1.82, 2.24) is 9.97 Å². The van der Waals surface area contributed by atoms with Crippen LogP contribution in [0.4, 0.5) is 0 Å². The molecule has 1 aliphatic heterocycles. The maximum Gasteiger partial charge on any atom is 0.246 e. The highest BCUT2D eigenvalue weighted by Gasteiger charge is 2.43. The summed E-state index contributed by atoms with van der Waals surface area (Å²) >= 11 is 1.97. The zero-order valence-electron chi connectivity index (χ0n) is 28.5. The number of allylic oxidation sites excluding steroid dienone is 4. The first kappa shape index (κ1) is 30.1. The van der Waals surface area contributed by atoms with Crippen molar-refractivity contribution >= 4 is 50.3 Å². The third-order valence-corrected chi connectivity index (χ3v) is 12.2. The van der Waals surface area contributed by atoms with Crippen LogP contribution in [0.2, 0.25) is 0 Å². The molecule has 0 fully saturated rings. The number of fused-ring (bicyclic) bond motifs is 8. The quantitative estimate of drug-likeness (QED) is 0.182. The molecule has 0 N–H and O–H groups in total. The van der Waals surface area contributed by atoms with Gasteiger partial charge in [0.1, 0.15) is 16.8 Å². The fourth-order valence-electron chi connectivity index (χ4n) is 8.14. The van der Waals surface area contributed by atoms with Crippen molar-refractivity contribution in [1.29, 1.82) is 0 Å². The summed E-state index contributed by atoms with van der Waals surface area (Å²) in [7, 11) is 0. The number of aromatic nitrogens is 2. The second kappa shape index (κ2) is 11.7. The zero-order chi connectivity index (χ0) is 34.1. The number of benzene rings is 6. The lowest BCUT2D eigenvalue weighted by Gasteiger charge is -2.33. The maximum atomic E-state index is 6.22. The zero-order valence-corrected chi connectivity index (χ0v) is 29.3. The Balaban J connectivity index is 1.03. The summed E-state index contributed by atoms with van der Waals surface area (Å²) in [6.45, 7) is 4.73. The fraction of sp³-hybridized carbons (Fsp3) is 0.106. The first-order valence-corrected chi connectivity index (χ1v) is 18.4. The molecule has 6 aromatic carbocycles. The van der Waals surface area contributed by atoms with Gasteiger partial charge >= 0.3 is 0 Å². The molecule has 1 unspecified atom stereocenters. The van der Waals surface area contributed by atoms with Crippen LogP contribution in [-0.2, 0) is 11.8 Å². The summed E-state index contributed by atoms with van der Waals surface area (Å²) in [5.41, 5.74) is 14.0. The molecule has 0 amide bonds. The number of hydrogen-bond acceptors (Lipinski definition) is 4. The van der Waals surface area contributed by atoms with Gasteiger partial charge in [-0.1, -0.05) is 140 Å². The molecule has 0 saturated carbocycles. The predicted molar refractivity (Wildman–Crippen MR) is 212 cm³/mol. The molecule has 4 heteroatoms. The molecular formula is C47H34N2OS. The number of nitrogens with zero attached hydrogens (tertiary/aromatic N) is 2.